The lowest BCUT2D eigenvalue weighted by Gasteiger charge is -2.07. The van der Waals surface area contributed by atoms with Crippen molar-refractivity contribution in [2.45, 2.75) is 0 Å². The van der Waals surface area contributed by atoms with Gasteiger partial charge in [-0.15, -0.1) is 6.58 Å². The van der Waals surface area contributed by atoms with Gasteiger partial charge in [-0.25, -0.2) is 4.79 Å². The van der Waals surface area contributed by atoms with Crippen molar-refractivity contribution in [1.82, 2.24) is 10.2 Å². The minimum atomic E-state index is -0.495. The van der Waals surface area contributed by atoms with Crippen LogP contribution in [-0.4, -0.2) is 28.5 Å². The van der Waals surface area contributed by atoms with E-state index in [1.165, 1.54) is 18.2 Å². The number of carbonyl (C=O) groups is 2. The fourth-order valence-corrected chi connectivity index (χ4v) is 2.52. The third-order valence-corrected chi connectivity index (χ3v) is 3.52. The molecule has 0 unspecified atom stereocenters. The first-order chi connectivity index (χ1) is 9.43. The maximum Gasteiger partial charge on any atom is 0.329 e. The number of rotatable bonds is 3. The summed E-state index contributed by atoms with van der Waals surface area (Å²) in [5, 5.41) is 12.2. The number of phenolic OH excluding ortho intramolecular Hbond substituents is 1. The van der Waals surface area contributed by atoms with E-state index in [1.807, 2.05) is 0 Å². The van der Waals surface area contributed by atoms with Crippen molar-refractivity contribution < 1.29 is 14.7 Å². The average molecular weight is 358 g/mol. The molecule has 2 rings (SSSR count). The average Bonchev–Trinajstić information content (AvgIpc) is 2.64. The summed E-state index contributed by atoms with van der Waals surface area (Å²) >= 11 is 8.99. The van der Waals surface area contributed by atoms with Crippen molar-refractivity contribution in [3.63, 3.8) is 0 Å². The second kappa shape index (κ2) is 5.68. The maximum absolute atomic E-state index is 12.0. The molecule has 0 aliphatic carbocycles. The number of halogens is 2. The summed E-state index contributed by atoms with van der Waals surface area (Å²) in [6.45, 7) is 3.63. The van der Waals surface area contributed by atoms with Gasteiger partial charge in [0.1, 0.15) is 11.4 Å². The largest absolute Gasteiger partial charge is 0.505 e. The summed E-state index contributed by atoms with van der Waals surface area (Å²) in [6.07, 6.45) is 2.95. The Kier molecular flexibility index (Phi) is 4.15. The zero-order valence-corrected chi connectivity index (χ0v) is 12.5. The van der Waals surface area contributed by atoms with Gasteiger partial charge in [-0.05, 0) is 39.7 Å². The molecule has 1 heterocycles. The van der Waals surface area contributed by atoms with Gasteiger partial charge >= 0.3 is 6.03 Å². The molecule has 0 atom stereocenters. The number of nitrogens with one attached hydrogen (secondary N) is 1. The summed E-state index contributed by atoms with van der Waals surface area (Å²) in [5.41, 5.74) is 0.717. The molecule has 1 saturated heterocycles. The van der Waals surface area contributed by atoms with Crippen LogP contribution in [-0.2, 0) is 4.79 Å². The smallest absolute Gasteiger partial charge is 0.329 e. The first kappa shape index (κ1) is 14.6. The summed E-state index contributed by atoms with van der Waals surface area (Å²) in [6, 6.07) is 2.58. The number of hydrogen-bond acceptors (Lipinski definition) is 3. The third kappa shape index (κ3) is 2.71. The van der Waals surface area contributed by atoms with Crippen molar-refractivity contribution in [3.8, 4) is 5.75 Å². The SMILES string of the molecule is C=CCN1C(=O)N/C(=C/c2cc(Cl)c(O)c(Br)c2)C1=O. The number of hydrogen-bond donors (Lipinski definition) is 2. The molecule has 1 aromatic rings. The maximum atomic E-state index is 12.0. The second-order valence-electron chi connectivity index (χ2n) is 4.03. The number of amides is 3. The third-order valence-electron chi connectivity index (χ3n) is 2.62. The quantitative estimate of drug-likeness (QED) is 0.496. The minimum absolute atomic E-state index is 0.0797. The molecule has 0 bridgehead atoms. The van der Waals surface area contributed by atoms with Crippen LogP contribution in [0.15, 0.2) is 35.0 Å². The molecule has 1 aliphatic heterocycles. The number of nitrogens with zero attached hydrogens (tertiary/aromatic N) is 1. The van der Waals surface area contributed by atoms with Crippen LogP contribution in [0.3, 0.4) is 0 Å². The van der Waals surface area contributed by atoms with Crippen LogP contribution in [0.1, 0.15) is 5.56 Å². The van der Waals surface area contributed by atoms with Crippen molar-refractivity contribution >= 4 is 45.5 Å². The zero-order valence-electron chi connectivity index (χ0n) is 10.2. The molecule has 2 N–H and O–H groups in total. The van der Waals surface area contributed by atoms with Gasteiger partial charge in [-0.3, -0.25) is 9.69 Å². The van der Waals surface area contributed by atoms with E-state index in [4.69, 9.17) is 11.6 Å². The number of phenols is 1. The molecule has 0 saturated carbocycles. The van der Waals surface area contributed by atoms with Gasteiger partial charge in [0, 0.05) is 6.54 Å². The van der Waals surface area contributed by atoms with E-state index in [0.717, 1.165) is 4.90 Å². The molecular formula is C13H10BrClN2O3. The summed E-state index contributed by atoms with van der Waals surface area (Å²) in [7, 11) is 0. The van der Waals surface area contributed by atoms with Gasteiger partial charge in [0.25, 0.3) is 5.91 Å². The Labute approximate surface area is 128 Å². The molecule has 104 valence electrons. The van der Waals surface area contributed by atoms with Crippen LogP contribution in [0.5, 0.6) is 5.75 Å². The molecule has 0 aromatic heterocycles. The fraction of sp³-hybridized carbons (Fsp3) is 0.0769. The Morgan fingerprint density at radius 1 is 1.45 bits per heavy atom. The molecule has 1 aromatic carbocycles. The van der Waals surface area contributed by atoms with Crippen molar-refractivity contribution in [1.29, 1.82) is 0 Å². The van der Waals surface area contributed by atoms with Crippen molar-refractivity contribution in [3.05, 3.63) is 45.5 Å². The molecule has 0 spiro atoms. The molecule has 0 radical (unpaired) electrons. The van der Waals surface area contributed by atoms with Crippen molar-refractivity contribution in [2.24, 2.45) is 0 Å². The summed E-state index contributed by atoms with van der Waals surface area (Å²) in [4.78, 5) is 24.6. The molecule has 1 aliphatic rings. The van der Waals surface area contributed by atoms with E-state index in [1.54, 1.807) is 6.07 Å². The Bertz CT molecular complexity index is 619. The number of aromatic hydroxyl groups is 1. The number of imide groups is 1. The van der Waals surface area contributed by atoms with E-state index < -0.39 is 11.9 Å². The number of urea groups is 1. The standard InChI is InChI=1S/C13H10BrClN2O3/c1-2-3-17-12(19)10(16-13(17)20)6-7-4-8(14)11(18)9(15)5-7/h2,4-6,18H,1,3H2,(H,16,20)/b10-6+. The van der Waals surface area contributed by atoms with E-state index in [9.17, 15) is 14.7 Å². The lowest BCUT2D eigenvalue weighted by atomic mass is 10.2. The predicted octanol–water partition coefficient (Wildman–Crippen LogP) is 2.89. The fourth-order valence-electron chi connectivity index (χ4n) is 1.70. The van der Waals surface area contributed by atoms with Gasteiger partial charge in [-0.1, -0.05) is 17.7 Å². The van der Waals surface area contributed by atoms with Crippen LogP contribution >= 0.6 is 27.5 Å². The molecular weight excluding hydrogens is 348 g/mol. The van der Waals surface area contributed by atoms with Gasteiger partial charge < -0.3 is 10.4 Å². The second-order valence-corrected chi connectivity index (χ2v) is 5.29. The summed E-state index contributed by atoms with van der Waals surface area (Å²) in [5.74, 6) is -0.515. The molecule has 5 nitrogen and oxygen atoms in total. The summed E-state index contributed by atoms with van der Waals surface area (Å²) < 4.78 is 0.400. The van der Waals surface area contributed by atoms with E-state index in [-0.39, 0.29) is 23.0 Å². The van der Waals surface area contributed by atoms with Gasteiger partial charge in [0.2, 0.25) is 0 Å². The lowest BCUT2D eigenvalue weighted by Crippen LogP contribution is -2.30. The van der Waals surface area contributed by atoms with Gasteiger partial charge in [0.05, 0.1) is 9.50 Å². The molecule has 7 heteroatoms. The molecule has 1 fully saturated rings. The molecule has 3 amide bonds. The van der Waals surface area contributed by atoms with Crippen molar-refractivity contribution in [2.75, 3.05) is 6.54 Å². The first-order valence-corrected chi connectivity index (χ1v) is 6.74. The molecule has 20 heavy (non-hydrogen) atoms. The van der Waals surface area contributed by atoms with E-state index in [2.05, 4.69) is 27.8 Å². The van der Waals surface area contributed by atoms with Crippen LogP contribution < -0.4 is 5.32 Å². The lowest BCUT2D eigenvalue weighted by molar-refractivity contribution is -0.122. The number of carbonyl (C=O) groups excluding carboxylic acids is 2. The first-order valence-electron chi connectivity index (χ1n) is 5.57. The topological polar surface area (TPSA) is 69.6 Å². The monoisotopic (exact) mass is 356 g/mol. The highest BCUT2D eigenvalue weighted by atomic mass is 79.9. The Morgan fingerprint density at radius 3 is 2.75 bits per heavy atom. The highest BCUT2D eigenvalue weighted by Gasteiger charge is 2.32. The Balaban J connectivity index is 2.35. The predicted molar refractivity (Wildman–Crippen MR) is 79.2 cm³/mol. The normalized spacial score (nSPS) is 16.7. The van der Waals surface area contributed by atoms with Crippen LogP contribution in [0.25, 0.3) is 6.08 Å². The van der Waals surface area contributed by atoms with Crippen LogP contribution in [0.2, 0.25) is 5.02 Å². The minimum Gasteiger partial charge on any atom is -0.505 e. The highest BCUT2D eigenvalue weighted by Crippen LogP contribution is 2.33. The van der Waals surface area contributed by atoms with E-state index in [0.29, 0.717) is 10.0 Å². The number of benzene rings is 1. The zero-order chi connectivity index (χ0) is 14.9. The highest BCUT2D eigenvalue weighted by molar-refractivity contribution is 9.10. The van der Waals surface area contributed by atoms with Crippen LogP contribution in [0.4, 0.5) is 4.79 Å². The van der Waals surface area contributed by atoms with Gasteiger partial charge in [-0.2, -0.15) is 0 Å². The van der Waals surface area contributed by atoms with Crippen LogP contribution in [0, 0.1) is 0 Å². The Morgan fingerprint density at radius 2 is 2.15 bits per heavy atom. The van der Waals surface area contributed by atoms with Gasteiger partial charge in [0.15, 0.2) is 0 Å². The Hall–Kier alpha value is -1.79. The van der Waals surface area contributed by atoms with E-state index >= 15 is 0 Å².